The third kappa shape index (κ3) is 4.45. The van der Waals surface area contributed by atoms with Crippen LogP contribution in [0.5, 0.6) is 0 Å². The summed E-state index contributed by atoms with van der Waals surface area (Å²) in [5.74, 6) is -1.40. The van der Waals surface area contributed by atoms with Gasteiger partial charge in [-0.25, -0.2) is 4.79 Å². The number of halogens is 9. The van der Waals surface area contributed by atoms with Crippen LogP contribution in [0.1, 0.15) is 27.0 Å². The molecule has 0 saturated heterocycles. The van der Waals surface area contributed by atoms with Gasteiger partial charge in [0.25, 0.3) is 0 Å². The second kappa shape index (κ2) is 7.31. The van der Waals surface area contributed by atoms with Crippen molar-refractivity contribution in [3.8, 4) is 0 Å². The molecule has 0 aromatic heterocycles. The van der Waals surface area contributed by atoms with Gasteiger partial charge >= 0.3 is 5.97 Å². The summed E-state index contributed by atoms with van der Waals surface area (Å²) >= 11 is 54.4. The van der Waals surface area contributed by atoms with Gasteiger partial charge in [0, 0.05) is 16.7 Å². The largest absolute Gasteiger partial charge is 0.478 e. The summed E-state index contributed by atoms with van der Waals surface area (Å²) in [6, 6.07) is 6.17. The van der Waals surface area contributed by atoms with E-state index in [-0.39, 0.29) is 33.0 Å². The van der Waals surface area contributed by atoms with Gasteiger partial charge < -0.3 is 5.11 Å². The predicted octanol–water partition coefficient (Wildman–Crippen LogP) is 8.02. The summed E-state index contributed by atoms with van der Waals surface area (Å²) < 4.78 is -6.62. The average molecular weight is 524 g/mol. The third-order valence-corrected chi connectivity index (χ3v) is 4.98. The van der Waals surface area contributed by atoms with Gasteiger partial charge in [-0.05, 0) is 10.8 Å². The van der Waals surface area contributed by atoms with E-state index in [9.17, 15) is 9.90 Å². The summed E-state index contributed by atoms with van der Waals surface area (Å²) in [5.41, 5.74) is -1.15. The number of hydrogen-bond acceptors (Lipinski definition) is 1. The van der Waals surface area contributed by atoms with E-state index in [1.54, 1.807) is 12.1 Å². The number of carbonyl (C=O) groups is 1. The number of alkyl halides is 9. The second-order valence-corrected chi connectivity index (χ2v) is 11.7. The van der Waals surface area contributed by atoms with Gasteiger partial charge in [0.15, 0.2) is 0 Å². The number of rotatable bonds is 1. The first-order valence-corrected chi connectivity index (χ1v) is 9.61. The first-order chi connectivity index (χ1) is 11.2. The Morgan fingerprint density at radius 2 is 1.08 bits per heavy atom. The zero-order valence-electron chi connectivity index (χ0n) is 11.6. The van der Waals surface area contributed by atoms with E-state index in [0.717, 1.165) is 0 Å². The molecule has 0 atom stereocenters. The Morgan fingerprint density at radius 3 is 1.44 bits per heavy atom. The molecule has 0 unspecified atom stereocenters. The maximum Gasteiger partial charge on any atom is 0.336 e. The van der Waals surface area contributed by atoms with Crippen LogP contribution in [0.15, 0.2) is 24.3 Å². The summed E-state index contributed by atoms with van der Waals surface area (Å²) in [6.45, 7) is 0. The molecule has 0 saturated carbocycles. The third-order valence-electron chi connectivity index (χ3n) is 3.28. The predicted molar refractivity (Wildman–Crippen MR) is 109 cm³/mol. The molecule has 2 aromatic rings. The number of aromatic carboxylic acids is 1. The Balaban J connectivity index is 3.31. The highest BCUT2D eigenvalue weighted by molar-refractivity contribution is 6.71. The lowest BCUT2D eigenvalue weighted by molar-refractivity contribution is 0.0698. The highest BCUT2D eigenvalue weighted by Gasteiger charge is 2.45. The van der Waals surface area contributed by atoms with Crippen molar-refractivity contribution in [2.24, 2.45) is 0 Å². The van der Waals surface area contributed by atoms with Crippen molar-refractivity contribution in [3.63, 3.8) is 0 Å². The van der Waals surface area contributed by atoms with Gasteiger partial charge in [0.05, 0.1) is 5.56 Å². The lowest BCUT2D eigenvalue weighted by Crippen LogP contribution is -2.23. The van der Waals surface area contributed by atoms with E-state index < -0.39 is 17.3 Å². The van der Waals surface area contributed by atoms with Crippen molar-refractivity contribution in [1.29, 1.82) is 0 Å². The molecule has 136 valence electrons. The molecule has 2 nitrogen and oxygen atoms in total. The minimum Gasteiger partial charge on any atom is -0.478 e. The van der Waals surface area contributed by atoms with Crippen molar-refractivity contribution in [2.75, 3.05) is 0 Å². The molecule has 0 bridgehead atoms. The Bertz CT molecular complexity index is 844. The number of benzene rings is 2. The van der Waals surface area contributed by atoms with Crippen LogP contribution in [-0.4, -0.2) is 11.1 Å². The summed E-state index contributed by atoms with van der Waals surface area (Å²) in [6.07, 6.45) is 0. The van der Waals surface area contributed by atoms with Crippen LogP contribution >= 0.6 is 104 Å². The fourth-order valence-corrected chi connectivity index (χ4v) is 4.24. The summed E-state index contributed by atoms with van der Waals surface area (Å²) in [4.78, 5) is 11.9. The van der Waals surface area contributed by atoms with Crippen LogP contribution < -0.4 is 0 Å². The molecule has 2 rings (SSSR count). The van der Waals surface area contributed by atoms with Crippen LogP contribution in [0, 0.1) is 0 Å². The van der Waals surface area contributed by atoms with Gasteiger partial charge in [-0.3, -0.25) is 0 Å². The second-order valence-electron chi connectivity index (χ2n) is 4.84. The monoisotopic (exact) mass is 520 g/mol. The quantitative estimate of drug-likeness (QED) is 0.384. The number of carboxylic acid groups (broad SMARTS) is 1. The normalized spacial score (nSPS) is 13.3. The number of fused-ring (bicyclic) bond motifs is 1. The molecular weight excluding hydrogens is 519 g/mol. The summed E-state index contributed by atoms with van der Waals surface area (Å²) in [5, 5.41) is 10.1. The van der Waals surface area contributed by atoms with Gasteiger partial charge in [0.2, 0.25) is 11.4 Å². The van der Waals surface area contributed by atoms with Crippen molar-refractivity contribution in [3.05, 3.63) is 46.5 Å². The number of carboxylic acids is 1. The highest BCUT2D eigenvalue weighted by Crippen LogP contribution is 2.57. The van der Waals surface area contributed by atoms with Crippen molar-refractivity contribution in [1.82, 2.24) is 0 Å². The van der Waals surface area contributed by atoms with E-state index in [2.05, 4.69) is 0 Å². The first kappa shape index (κ1) is 22.1. The molecule has 0 aliphatic heterocycles. The van der Waals surface area contributed by atoms with Gasteiger partial charge in [-0.15, -0.1) is 0 Å². The molecule has 11 heteroatoms. The first-order valence-electron chi connectivity index (χ1n) is 6.21. The van der Waals surface area contributed by atoms with Crippen LogP contribution in [0.3, 0.4) is 0 Å². The zero-order valence-corrected chi connectivity index (χ0v) is 18.4. The van der Waals surface area contributed by atoms with Crippen molar-refractivity contribution < 1.29 is 9.90 Å². The van der Waals surface area contributed by atoms with Crippen LogP contribution in [-0.2, 0) is 11.4 Å². The molecule has 0 fully saturated rings. The van der Waals surface area contributed by atoms with Crippen LogP contribution in [0.25, 0.3) is 10.8 Å². The topological polar surface area (TPSA) is 37.3 Å². The molecule has 2 aromatic carbocycles. The van der Waals surface area contributed by atoms with E-state index >= 15 is 0 Å². The summed E-state index contributed by atoms with van der Waals surface area (Å²) in [7, 11) is 0. The SMILES string of the molecule is O=C(O)c1c(C(Cl)(Cl)Cl)c(C(Cl)(Cl)Cl)c(C(Cl)(Cl)Cl)c2ccccc12. The Kier molecular flexibility index (Phi) is 6.46. The smallest absolute Gasteiger partial charge is 0.336 e. The minimum atomic E-state index is -2.28. The van der Waals surface area contributed by atoms with Gasteiger partial charge in [-0.2, -0.15) is 0 Å². The standard InChI is InChI=1S/C14H5Cl9O2/c15-12(16,17)8-6-4-2-1-3-5(6)7(11(24)25)9(13(18,19)20)10(8)14(21,22)23/h1-4H,(H,24,25). The van der Waals surface area contributed by atoms with Crippen molar-refractivity contribution >= 4 is 121 Å². The fraction of sp³-hybridized carbons (Fsp3) is 0.214. The zero-order chi connectivity index (χ0) is 19.4. The van der Waals surface area contributed by atoms with E-state index in [1.807, 2.05) is 0 Å². The molecule has 0 radical (unpaired) electrons. The van der Waals surface area contributed by atoms with Crippen LogP contribution in [0.2, 0.25) is 0 Å². The Labute approximate surface area is 187 Å². The van der Waals surface area contributed by atoms with Gasteiger partial charge in [0.1, 0.15) is 0 Å². The van der Waals surface area contributed by atoms with Crippen molar-refractivity contribution in [2.45, 2.75) is 11.4 Å². The maximum absolute atomic E-state index is 11.9. The fourth-order valence-electron chi connectivity index (χ4n) is 2.52. The average Bonchev–Trinajstić information content (AvgIpc) is 2.41. The molecule has 25 heavy (non-hydrogen) atoms. The van der Waals surface area contributed by atoms with E-state index in [1.165, 1.54) is 12.1 Å². The molecule has 0 heterocycles. The molecule has 0 amide bonds. The maximum atomic E-state index is 11.9. The van der Waals surface area contributed by atoms with E-state index in [0.29, 0.717) is 0 Å². The number of hydrogen-bond donors (Lipinski definition) is 1. The van der Waals surface area contributed by atoms with E-state index in [4.69, 9.17) is 104 Å². The minimum absolute atomic E-state index is 0.0839. The molecule has 0 spiro atoms. The molecule has 1 N–H and O–H groups in total. The molecule has 0 aliphatic carbocycles. The molecular formula is C14H5Cl9O2. The lowest BCUT2D eigenvalue weighted by atomic mass is 9.90. The highest BCUT2D eigenvalue weighted by atomic mass is 35.6. The Hall–Kier alpha value is 0.780. The molecule has 0 aliphatic rings. The Morgan fingerprint density at radius 1 is 0.680 bits per heavy atom. The van der Waals surface area contributed by atoms with Crippen LogP contribution in [0.4, 0.5) is 0 Å². The lowest BCUT2D eigenvalue weighted by Gasteiger charge is -2.30. The van der Waals surface area contributed by atoms with Gasteiger partial charge in [-0.1, -0.05) is 129 Å².